The van der Waals surface area contributed by atoms with Gasteiger partial charge in [-0.1, -0.05) is 12.1 Å². The maximum Gasteiger partial charge on any atom is 0.230 e. The zero-order valence-corrected chi connectivity index (χ0v) is 14.3. The van der Waals surface area contributed by atoms with Crippen LogP contribution in [0.4, 0.5) is 11.6 Å². The first-order valence-corrected chi connectivity index (χ1v) is 8.81. The van der Waals surface area contributed by atoms with E-state index in [1.54, 1.807) is 12.4 Å². The summed E-state index contributed by atoms with van der Waals surface area (Å²) in [6.07, 6.45) is 5.17. The molecule has 0 unspecified atom stereocenters. The summed E-state index contributed by atoms with van der Waals surface area (Å²) >= 11 is 0. The average Bonchev–Trinajstić information content (AvgIpc) is 2.67. The molecule has 2 aliphatic heterocycles. The predicted molar refractivity (Wildman–Crippen MR) is 95.9 cm³/mol. The van der Waals surface area contributed by atoms with Gasteiger partial charge in [-0.05, 0) is 38.0 Å². The largest absolute Gasteiger partial charge is 0.487 e. The molecular weight excluding hydrogens is 316 g/mol. The molecule has 130 valence electrons. The van der Waals surface area contributed by atoms with Gasteiger partial charge in [0.15, 0.2) is 0 Å². The minimum absolute atomic E-state index is 0.0108. The Morgan fingerprint density at radius 2 is 1.84 bits per heavy atom. The van der Waals surface area contributed by atoms with Crippen molar-refractivity contribution in [3.05, 3.63) is 42.7 Å². The number of aromatic nitrogens is 2. The van der Waals surface area contributed by atoms with Crippen LogP contribution in [0.1, 0.15) is 19.8 Å². The average molecular weight is 338 g/mol. The molecule has 1 fully saturated rings. The van der Waals surface area contributed by atoms with Gasteiger partial charge >= 0.3 is 0 Å². The third kappa shape index (κ3) is 3.16. The third-order valence-electron chi connectivity index (χ3n) is 4.87. The number of nitrogens with zero attached hydrogens (tertiary/aromatic N) is 4. The van der Waals surface area contributed by atoms with E-state index in [4.69, 9.17) is 4.74 Å². The van der Waals surface area contributed by atoms with Crippen molar-refractivity contribution in [2.75, 3.05) is 29.4 Å². The molecule has 1 amide bonds. The summed E-state index contributed by atoms with van der Waals surface area (Å²) in [5.74, 6) is 1.79. The second-order valence-corrected chi connectivity index (χ2v) is 6.66. The van der Waals surface area contributed by atoms with E-state index < -0.39 is 0 Å². The summed E-state index contributed by atoms with van der Waals surface area (Å²) < 4.78 is 5.86. The highest BCUT2D eigenvalue weighted by molar-refractivity contribution is 5.97. The van der Waals surface area contributed by atoms with Gasteiger partial charge in [-0.25, -0.2) is 9.97 Å². The number of para-hydroxylation sites is 2. The number of rotatable bonds is 2. The second-order valence-electron chi connectivity index (χ2n) is 6.66. The number of ether oxygens (including phenoxy) is 1. The molecule has 2 aliphatic rings. The van der Waals surface area contributed by atoms with Crippen LogP contribution in [0.3, 0.4) is 0 Å². The summed E-state index contributed by atoms with van der Waals surface area (Å²) in [7, 11) is 0. The fourth-order valence-electron chi connectivity index (χ4n) is 3.60. The Morgan fingerprint density at radius 3 is 2.60 bits per heavy atom. The minimum atomic E-state index is 0.0108. The number of fused-ring (bicyclic) bond motifs is 1. The molecule has 25 heavy (non-hydrogen) atoms. The van der Waals surface area contributed by atoms with Gasteiger partial charge in [0.2, 0.25) is 11.9 Å². The van der Waals surface area contributed by atoms with Crippen molar-refractivity contribution in [1.82, 2.24) is 9.97 Å². The van der Waals surface area contributed by atoms with Gasteiger partial charge in [-0.2, -0.15) is 0 Å². The summed E-state index contributed by atoms with van der Waals surface area (Å²) in [5, 5.41) is 0. The van der Waals surface area contributed by atoms with E-state index in [1.165, 1.54) is 0 Å². The van der Waals surface area contributed by atoms with Gasteiger partial charge in [0.1, 0.15) is 11.9 Å². The fraction of sp³-hybridized carbons (Fsp3) is 0.421. The van der Waals surface area contributed by atoms with Gasteiger partial charge in [-0.15, -0.1) is 0 Å². The maximum atomic E-state index is 13.1. The van der Waals surface area contributed by atoms with Gasteiger partial charge in [0.05, 0.1) is 12.2 Å². The Hall–Kier alpha value is -2.63. The fourth-order valence-corrected chi connectivity index (χ4v) is 3.60. The molecule has 3 heterocycles. The van der Waals surface area contributed by atoms with Crippen LogP contribution in [0, 0.1) is 5.92 Å². The van der Waals surface area contributed by atoms with Gasteiger partial charge in [0.25, 0.3) is 0 Å². The van der Waals surface area contributed by atoms with E-state index in [1.807, 2.05) is 42.2 Å². The highest BCUT2D eigenvalue weighted by Crippen LogP contribution is 2.35. The number of anilines is 2. The van der Waals surface area contributed by atoms with Crippen molar-refractivity contribution in [3.8, 4) is 5.75 Å². The maximum absolute atomic E-state index is 13.1. The van der Waals surface area contributed by atoms with Crippen molar-refractivity contribution < 1.29 is 9.53 Å². The van der Waals surface area contributed by atoms with Gasteiger partial charge < -0.3 is 14.5 Å². The molecule has 6 heteroatoms. The molecule has 4 rings (SSSR count). The van der Waals surface area contributed by atoms with Crippen molar-refractivity contribution in [1.29, 1.82) is 0 Å². The van der Waals surface area contributed by atoms with E-state index >= 15 is 0 Å². The SMILES string of the molecule is C[C@@H]1CN(C(=O)C2CCN(c3ncccn3)CC2)c2ccccc2O1. The Kier molecular flexibility index (Phi) is 4.26. The first-order valence-electron chi connectivity index (χ1n) is 8.81. The van der Waals surface area contributed by atoms with Crippen LogP contribution in [0.25, 0.3) is 0 Å². The van der Waals surface area contributed by atoms with Crippen LogP contribution >= 0.6 is 0 Å². The molecule has 1 aromatic carbocycles. The zero-order chi connectivity index (χ0) is 17.2. The van der Waals surface area contributed by atoms with Crippen LogP contribution in [-0.4, -0.2) is 41.6 Å². The minimum Gasteiger partial charge on any atom is -0.487 e. The second kappa shape index (κ2) is 6.70. The molecule has 1 saturated heterocycles. The van der Waals surface area contributed by atoms with E-state index in [0.717, 1.165) is 43.3 Å². The molecule has 0 radical (unpaired) electrons. The van der Waals surface area contributed by atoms with E-state index in [9.17, 15) is 4.79 Å². The number of amides is 1. The smallest absolute Gasteiger partial charge is 0.230 e. The number of piperidine rings is 1. The highest BCUT2D eigenvalue weighted by Gasteiger charge is 2.34. The molecule has 0 N–H and O–H groups in total. The normalized spacial score (nSPS) is 20.8. The lowest BCUT2D eigenvalue weighted by Crippen LogP contribution is -2.47. The molecular formula is C19H22N4O2. The van der Waals surface area contributed by atoms with Crippen molar-refractivity contribution in [2.45, 2.75) is 25.9 Å². The molecule has 0 spiro atoms. The van der Waals surface area contributed by atoms with E-state index in [0.29, 0.717) is 6.54 Å². The Morgan fingerprint density at radius 1 is 1.12 bits per heavy atom. The lowest BCUT2D eigenvalue weighted by molar-refractivity contribution is -0.123. The van der Waals surface area contributed by atoms with Crippen molar-refractivity contribution in [3.63, 3.8) is 0 Å². The van der Waals surface area contributed by atoms with Crippen molar-refractivity contribution >= 4 is 17.5 Å². The molecule has 0 aliphatic carbocycles. The summed E-state index contributed by atoms with van der Waals surface area (Å²) in [5.41, 5.74) is 0.888. The molecule has 0 saturated carbocycles. The molecule has 1 aromatic heterocycles. The summed E-state index contributed by atoms with van der Waals surface area (Å²) in [4.78, 5) is 25.8. The van der Waals surface area contributed by atoms with E-state index in [-0.39, 0.29) is 17.9 Å². The summed E-state index contributed by atoms with van der Waals surface area (Å²) in [6.45, 7) is 4.23. The number of benzene rings is 1. The number of carbonyl (C=O) groups excluding carboxylic acids is 1. The first kappa shape index (κ1) is 15.9. The van der Waals surface area contributed by atoms with Crippen LogP contribution < -0.4 is 14.5 Å². The van der Waals surface area contributed by atoms with Crippen LogP contribution in [0.2, 0.25) is 0 Å². The Bertz CT molecular complexity index is 744. The van der Waals surface area contributed by atoms with Gasteiger partial charge in [-0.3, -0.25) is 4.79 Å². The molecule has 6 nitrogen and oxygen atoms in total. The van der Waals surface area contributed by atoms with Gasteiger partial charge in [0, 0.05) is 31.4 Å². The van der Waals surface area contributed by atoms with Crippen LogP contribution in [-0.2, 0) is 4.79 Å². The lowest BCUT2D eigenvalue weighted by Gasteiger charge is -2.38. The monoisotopic (exact) mass is 338 g/mol. The highest BCUT2D eigenvalue weighted by atomic mass is 16.5. The number of hydrogen-bond acceptors (Lipinski definition) is 5. The lowest BCUT2D eigenvalue weighted by atomic mass is 9.94. The number of carbonyl (C=O) groups is 1. The first-order chi connectivity index (χ1) is 12.2. The molecule has 1 atom stereocenters. The third-order valence-corrected chi connectivity index (χ3v) is 4.87. The molecule has 0 bridgehead atoms. The predicted octanol–water partition coefficient (Wildman–Crippen LogP) is 2.51. The Balaban J connectivity index is 1.46. The molecule has 2 aromatic rings. The van der Waals surface area contributed by atoms with Crippen molar-refractivity contribution in [2.24, 2.45) is 5.92 Å². The Labute approximate surface area is 147 Å². The van der Waals surface area contributed by atoms with Crippen LogP contribution in [0.15, 0.2) is 42.7 Å². The summed E-state index contributed by atoms with van der Waals surface area (Å²) in [6, 6.07) is 9.61. The zero-order valence-electron chi connectivity index (χ0n) is 14.3. The standard InChI is InChI=1S/C19H22N4O2/c1-14-13-23(16-5-2-3-6-17(16)25-14)18(24)15-7-11-22(12-8-15)19-20-9-4-10-21-19/h2-6,9-10,14-15H,7-8,11-13H2,1H3/t14-/m1/s1. The van der Waals surface area contributed by atoms with E-state index in [2.05, 4.69) is 14.9 Å². The van der Waals surface area contributed by atoms with Crippen LogP contribution in [0.5, 0.6) is 5.75 Å². The quantitative estimate of drug-likeness (QED) is 0.842. The number of hydrogen-bond donors (Lipinski definition) is 0. The topological polar surface area (TPSA) is 58.6 Å².